The fourth-order valence-corrected chi connectivity index (χ4v) is 1.88. The van der Waals surface area contributed by atoms with E-state index in [0.29, 0.717) is 0 Å². The van der Waals surface area contributed by atoms with E-state index >= 15 is 0 Å². The molecule has 3 heteroatoms. The third-order valence-electron chi connectivity index (χ3n) is 3.15. The minimum atomic E-state index is -0.0465. The molecule has 104 valence electrons. The van der Waals surface area contributed by atoms with Gasteiger partial charge in [-0.05, 0) is 43.2 Å². The molecule has 0 fully saturated rings. The van der Waals surface area contributed by atoms with Crippen LogP contribution in [0, 0.1) is 6.92 Å². The molecule has 2 aromatic carbocycles. The maximum Gasteiger partial charge on any atom is 0.243 e. The third-order valence-corrected chi connectivity index (χ3v) is 3.15. The van der Waals surface area contributed by atoms with Crippen LogP contribution >= 0.6 is 0 Å². The van der Waals surface area contributed by atoms with Crippen LogP contribution in [-0.4, -0.2) is 12.5 Å². The Hall–Kier alpha value is -2.29. The second kappa shape index (κ2) is 6.75. The van der Waals surface area contributed by atoms with Crippen molar-refractivity contribution in [3.63, 3.8) is 0 Å². The number of nitrogens with one attached hydrogen (secondary N) is 2. The normalized spacial score (nSPS) is 10.1. The van der Waals surface area contributed by atoms with Crippen LogP contribution in [0.15, 0.2) is 48.5 Å². The molecule has 0 unspecified atom stereocenters. The summed E-state index contributed by atoms with van der Waals surface area (Å²) >= 11 is 0. The second-order valence-electron chi connectivity index (χ2n) is 4.82. The van der Waals surface area contributed by atoms with E-state index in [-0.39, 0.29) is 12.5 Å². The number of benzene rings is 2. The van der Waals surface area contributed by atoms with Crippen molar-refractivity contribution in [2.45, 2.75) is 20.3 Å². The number of anilines is 2. The molecule has 0 aliphatic carbocycles. The van der Waals surface area contributed by atoms with Gasteiger partial charge in [-0.2, -0.15) is 0 Å². The summed E-state index contributed by atoms with van der Waals surface area (Å²) in [4.78, 5) is 11.8. The summed E-state index contributed by atoms with van der Waals surface area (Å²) in [6.45, 7) is 4.41. The molecule has 0 saturated carbocycles. The van der Waals surface area contributed by atoms with Gasteiger partial charge in [0, 0.05) is 11.4 Å². The first-order valence-corrected chi connectivity index (χ1v) is 6.86. The Morgan fingerprint density at radius 1 is 0.950 bits per heavy atom. The van der Waals surface area contributed by atoms with Crippen LogP contribution in [0.1, 0.15) is 18.1 Å². The predicted octanol–water partition coefficient (Wildman–Crippen LogP) is 3.61. The van der Waals surface area contributed by atoms with Crippen LogP contribution in [0.4, 0.5) is 11.4 Å². The summed E-state index contributed by atoms with van der Waals surface area (Å²) in [6.07, 6.45) is 1.00. The second-order valence-corrected chi connectivity index (χ2v) is 4.82. The molecule has 2 N–H and O–H groups in total. The summed E-state index contributed by atoms with van der Waals surface area (Å²) in [5.74, 6) is -0.0465. The maximum atomic E-state index is 11.8. The van der Waals surface area contributed by atoms with Crippen molar-refractivity contribution >= 4 is 17.3 Å². The average molecular weight is 268 g/mol. The Labute approximate surface area is 120 Å². The molecule has 0 atom stereocenters. The Morgan fingerprint density at radius 2 is 1.55 bits per heavy atom. The van der Waals surface area contributed by atoms with Crippen LogP contribution in [0.3, 0.4) is 0 Å². The van der Waals surface area contributed by atoms with Gasteiger partial charge in [-0.3, -0.25) is 4.79 Å². The molecule has 0 bridgehead atoms. The van der Waals surface area contributed by atoms with Crippen LogP contribution in [-0.2, 0) is 11.2 Å². The quantitative estimate of drug-likeness (QED) is 0.869. The van der Waals surface area contributed by atoms with Crippen LogP contribution in [0.25, 0.3) is 0 Å². The highest BCUT2D eigenvalue weighted by molar-refractivity contribution is 5.93. The first-order chi connectivity index (χ1) is 9.67. The summed E-state index contributed by atoms with van der Waals surface area (Å²) in [6, 6.07) is 15.9. The molecule has 2 rings (SSSR count). The summed E-state index contributed by atoms with van der Waals surface area (Å²) in [5, 5.41) is 5.98. The molecule has 20 heavy (non-hydrogen) atoms. The van der Waals surface area contributed by atoms with Crippen LogP contribution < -0.4 is 10.6 Å². The summed E-state index contributed by atoms with van der Waals surface area (Å²) in [7, 11) is 0. The number of carbonyl (C=O) groups is 1. The first-order valence-electron chi connectivity index (χ1n) is 6.86. The van der Waals surface area contributed by atoms with Crippen molar-refractivity contribution in [3.8, 4) is 0 Å². The topological polar surface area (TPSA) is 41.1 Å². The van der Waals surface area contributed by atoms with E-state index < -0.39 is 0 Å². The van der Waals surface area contributed by atoms with Gasteiger partial charge >= 0.3 is 0 Å². The SMILES string of the molecule is CCc1ccc(NC(=O)CNc2ccc(C)cc2)cc1. The van der Waals surface area contributed by atoms with E-state index in [0.717, 1.165) is 17.8 Å². The lowest BCUT2D eigenvalue weighted by atomic mass is 10.1. The van der Waals surface area contributed by atoms with Crippen molar-refractivity contribution in [1.82, 2.24) is 0 Å². The van der Waals surface area contributed by atoms with Crippen molar-refractivity contribution in [1.29, 1.82) is 0 Å². The number of rotatable bonds is 5. The smallest absolute Gasteiger partial charge is 0.243 e. The van der Waals surface area contributed by atoms with E-state index in [1.54, 1.807) is 0 Å². The lowest BCUT2D eigenvalue weighted by Crippen LogP contribution is -2.21. The minimum Gasteiger partial charge on any atom is -0.376 e. The fraction of sp³-hybridized carbons (Fsp3) is 0.235. The molecular formula is C17H20N2O. The monoisotopic (exact) mass is 268 g/mol. The molecule has 0 saturated heterocycles. The van der Waals surface area contributed by atoms with Crippen molar-refractivity contribution in [3.05, 3.63) is 59.7 Å². The Balaban J connectivity index is 1.84. The van der Waals surface area contributed by atoms with E-state index in [9.17, 15) is 4.79 Å². The van der Waals surface area contributed by atoms with Gasteiger partial charge in [0.1, 0.15) is 0 Å². The van der Waals surface area contributed by atoms with Gasteiger partial charge in [0.25, 0.3) is 0 Å². The van der Waals surface area contributed by atoms with E-state index in [1.165, 1.54) is 11.1 Å². The number of amides is 1. The number of carbonyl (C=O) groups excluding carboxylic acids is 1. The standard InChI is InChI=1S/C17H20N2O/c1-3-14-6-10-16(11-7-14)19-17(20)12-18-15-8-4-13(2)5-9-15/h4-11,18H,3,12H2,1-2H3,(H,19,20). The first kappa shape index (κ1) is 14.1. The van der Waals surface area contributed by atoms with E-state index in [1.807, 2.05) is 55.5 Å². The molecule has 0 aromatic heterocycles. The van der Waals surface area contributed by atoms with Gasteiger partial charge in [-0.1, -0.05) is 36.8 Å². The fourth-order valence-electron chi connectivity index (χ4n) is 1.88. The molecule has 0 spiro atoms. The highest BCUT2D eigenvalue weighted by Crippen LogP contribution is 2.11. The van der Waals surface area contributed by atoms with Crippen molar-refractivity contribution < 1.29 is 4.79 Å². The number of hydrogen-bond acceptors (Lipinski definition) is 2. The Bertz CT molecular complexity index is 559. The summed E-state index contributed by atoms with van der Waals surface area (Å²) < 4.78 is 0. The third kappa shape index (κ3) is 4.12. The lowest BCUT2D eigenvalue weighted by Gasteiger charge is -2.08. The lowest BCUT2D eigenvalue weighted by molar-refractivity contribution is -0.114. The zero-order valence-electron chi connectivity index (χ0n) is 11.9. The molecule has 0 radical (unpaired) electrons. The molecule has 3 nitrogen and oxygen atoms in total. The Morgan fingerprint density at radius 3 is 2.15 bits per heavy atom. The van der Waals surface area contributed by atoms with Gasteiger partial charge in [-0.15, -0.1) is 0 Å². The number of hydrogen-bond donors (Lipinski definition) is 2. The predicted molar refractivity (Wildman–Crippen MR) is 84.1 cm³/mol. The van der Waals surface area contributed by atoms with Gasteiger partial charge in [0.05, 0.1) is 6.54 Å². The van der Waals surface area contributed by atoms with Gasteiger partial charge < -0.3 is 10.6 Å². The molecule has 0 heterocycles. The highest BCUT2D eigenvalue weighted by Gasteiger charge is 2.02. The van der Waals surface area contributed by atoms with Crippen LogP contribution in [0.5, 0.6) is 0 Å². The molecule has 2 aromatic rings. The zero-order chi connectivity index (χ0) is 14.4. The van der Waals surface area contributed by atoms with Gasteiger partial charge in [0.2, 0.25) is 5.91 Å². The minimum absolute atomic E-state index is 0.0465. The van der Waals surface area contributed by atoms with Crippen molar-refractivity contribution in [2.24, 2.45) is 0 Å². The van der Waals surface area contributed by atoms with E-state index in [4.69, 9.17) is 0 Å². The molecule has 0 aliphatic heterocycles. The Kier molecular flexibility index (Phi) is 4.77. The summed E-state index contributed by atoms with van der Waals surface area (Å²) in [5.41, 5.74) is 4.25. The average Bonchev–Trinajstić information content (AvgIpc) is 2.47. The molecular weight excluding hydrogens is 248 g/mol. The van der Waals surface area contributed by atoms with Crippen LogP contribution in [0.2, 0.25) is 0 Å². The van der Waals surface area contributed by atoms with Gasteiger partial charge in [0.15, 0.2) is 0 Å². The molecule has 0 aliphatic rings. The number of aryl methyl sites for hydroxylation is 2. The zero-order valence-corrected chi connectivity index (χ0v) is 11.9. The largest absolute Gasteiger partial charge is 0.376 e. The van der Waals surface area contributed by atoms with Crippen molar-refractivity contribution in [2.75, 3.05) is 17.2 Å². The van der Waals surface area contributed by atoms with Gasteiger partial charge in [-0.25, -0.2) is 0 Å². The maximum absolute atomic E-state index is 11.8. The highest BCUT2D eigenvalue weighted by atomic mass is 16.1. The molecule has 1 amide bonds. The van der Waals surface area contributed by atoms with E-state index in [2.05, 4.69) is 17.6 Å².